The van der Waals surface area contributed by atoms with Crippen molar-refractivity contribution in [3.63, 3.8) is 0 Å². The summed E-state index contributed by atoms with van der Waals surface area (Å²) in [5.41, 5.74) is 0. The normalized spacial score (nSPS) is 15.4. The van der Waals surface area contributed by atoms with Crippen LogP contribution >= 0.6 is 11.8 Å². The van der Waals surface area contributed by atoms with Gasteiger partial charge in [-0.2, -0.15) is 11.8 Å². The minimum Gasteiger partial charge on any atom is -0.395 e. The van der Waals surface area contributed by atoms with E-state index >= 15 is 0 Å². The van der Waals surface area contributed by atoms with E-state index in [0.717, 1.165) is 6.54 Å². The molecule has 2 unspecified atom stereocenters. The highest BCUT2D eigenvalue weighted by Crippen LogP contribution is 2.12. The first-order chi connectivity index (χ1) is 6.70. The summed E-state index contributed by atoms with van der Waals surface area (Å²) in [6.45, 7) is 7.94. The molecule has 0 aliphatic carbocycles. The Hall–Kier alpha value is 0.270. The molecule has 0 radical (unpaired) electrons. The molecule has 0 saturated heterocycles. The van der Waals surface area contributed by atoms with Gasteiger partial charge < -0.3 is 10.4 Å². The molecule has 0 spiro atoms. The zero-order chi connectivity index (χ0) is 10.8. The van der Waals surface area contributed by atoms with Gasteiger partial charge in [0.25, 0.3) is 0 Å². The van der Waals surface area contributed by atoms with Crippen LogP contribution in [0.2, 0.25) is 0 Å². The van der Waals surface area contributed by atoms with Crippen LogP contribution in [0.3, 0.4) is 0 Å². The maximum absolute atomic E-state index is 8.83. The van der Waals surface area contributed by atoms with E-state index in [9.17, 15) is 0 Å². The minimum atomic E-state index is 0.300. The standard InChI is InChI=1S/C11H25NOS/c1-4-7-12-10(2)6-5-8-14-11(3)9-13/h10-13H,4-9H2,1-3H3. The topological polar surface area (TPSA) is 32.3 Å². The third-order valence-electron chi connectivity index (χ3n) is 2.18. The SMILES string of the molecule is CCCNC(C)CCCSC(C)CO. The van der Waals surface area contributed by atoms with Crippen LogP contribution in [0.15, 0.2) is 0 Å². The Morgan fingerprint density at radius 2 is 2.07 bits per heavy atom. The Kier molecular flexibility index (Phi) is 10.0. The number of thioether (sulfide) groups is 1. The average molecular weight is 219 g/mol. The molecule has 0 aliphatic rings. The summed E-state index contributed by atoms with van der Waals surface area (Å²) >= 11 is 1.86. The highest BCUT2D eigenvalue weighted by molar-refractivity contribution is 7.99. The first kappa shape index (κ1) is 14.3. The van der Waals surface area contributed by atoms with Crippen molar-refractivity contribution in [3.8, 4) is 0 Å². The Morgan fingerprint density at radius 1 is 1.36 bits per heavy atom. The van der Waals surface area contributed by atoms with E-state index in [1.165, 1.54) is 25.0 Å². The molecule has 0 saturated carbocycles. The second kappa shape index (κ2) is 9.81. The number of rotatable bonds is 9. The van der Waals surface area contributed by atoms with E-state index in [1.807, 2.05) is 11.8 Å². The fraction of sp³-hybridized carbons (Fsp3) is 1.00. The van der Waals surface area contributed by atoms with Gasteiger partial charge in [0.1, 0.15) is 0 Å². The summed E-state index contributed by atoms with van der Waals surface area (Å²) in [4.78, 5) is 0. The zero-order valence-corrected chi connectivity index (χ0v) is 10.6. The summed E-state index contributed by atoms with van der Waals surface area (Å²) in [6.07, 6.45) is 3.69. The molecule has 0 aromatic carbocycles. The molecule has 0 fully saturated rings. The fourth-order valence-electron chi connectivity index (χ4n) is 1.22. The van der Waals surface area contributed by atoms with Crippen molar-refractivity contribution < 1.29 is 5.11 Å². The Morgan fingerprint density at radius 3 is 2.64 bits per heavy atom. The van der Waals surface area contributed by atoms with E-state index in [2.05, 4.69) is 26.1 Å². The molecule has 14 heavy (non-hydrogen) atoms. The molecular weight excluding hydrogens is 194 g/mol. The smallest absolute Gasteiger partial charge is 0.0547 e. The predicted molar refractivity (Wildman–Crippen MR) is 66.0 cm³/mol. The molecule has 0 bridgehead atoms. The molecule has 0 heterocycles. The fourth-order valence-corrected chi connectivity index (χ4v) is 2.06. The molecule has 0 rings (SSSR count). The zero-order valence-electron chi connectivity index (χ0n) is 9.75. The van der Waals surface area contributed by atoms with Crippen LogP contribution in [0.25, 0.3) is 0 Å². The third-order valence-corrected chi connectivity index (χ3v) is 3.43. The third kappa shape index (κ3) is 8.85. The Bertz CT molecular complexity index is 122. The largest absolute Gasteiger partial charge is 0.395 e. The van der Waals surface area contributed by atoms with E-state index in [1.54, 1.807) is 0 Å². The van der Waals surface area contributed by atoms with Gasteiger partial charge in [-0.25, -0.2) is 0 Å². The lowest BCUT2D eigenvalue weighted by Crippen LogP contribution is -2.26. The maximum Gasteiger partial charge on any atom is 0.0547 e. The van der Waals surface area contributed by atoms with E-state index in [4.69, 9.17) is 5.11 Å². The van der Waals surface area contributed by atoms with Crippen LogP contribution in [0, 0.1) is 0 Å². The van der Waals surface area contributed by atoms with Crippen LogP contribution in [-0.2, 0) is 0 Å². The van der Waals surface area contributed by atoms with Crippen LogP contribution in [0.4, 0.5) is 0 Å². The van der Waals surface area contributed by atoms with Crippen molar-refractivity contribution in [2.24, 2.45) is 0 Å². The number of aliphatic hydroxyl groups is 1. The van der Waals surface area contributed by atoms with E-state index in [-0.39, 0.29) is 0 Å². The van der Waals surface area contributed by atoms with E-state index in [0.29, 0.717) is 17.9 Å². The Labute approximate surface area is 92.9 Å². The molecule has 2 atom stereocenters. The van der Waals surface area contributed by atoms with Gasteiger partial charge in [0, 0.05) is 11.3 Å². The van der Waals surface area contributed by atoms with Crippen LogP contribution in [0.5, 0.6) is 0 Å². The Balaban J connectivity index is 3.18. The van der Waals surface area contributed by atoms with Gasteiger partial charge in [-0.3, -0.25) is 0 Å². The molecule has 3 heteroatoms. The molecule has 86 valence electrons. The van der Waals surface area contributed by atoms with Crippen LogP contribution in [0.1, 0.15) is 40.0 Å². The molecule has 0 aliphatic heterocycles. The first-order valence-corrected chi connectivity index (χ1v) is 6.71. The van der Waals surface area contributed by atoms with Gasteiger partial charge in [-0.15, -0.1) is 0 Å². The summed E-state index contributed by atoms with van der Waals surface area (Å²) < 4.78 is 0. The number of hydrogen-bond acceptors (Lipinski definition) is 3. The van der Waals surface area contributed by atoms with E-state index < -0.39 is 0 Å². The first-order valence-electron chi connectivity index (χ1n) is 5.66. The van der Waals surface area contributed by atoms with Crippen molar-refractivity contribution in [3.05, 3.63) is 0 Å². The van der Waals surface area contributed by atoms with Gasteiger partial charge in [0.2, 0.25) is 0 Å². The molecule has 2 nitrogen and oxygen atoms in total. The maximum atomic E-state index is 8.83. The van der Waals surface area contributed by atoms with Crippen molar-refractivity contribution in [1.29, 1.82) is 0 Å². The number of hydrogen-bond donors (Lipinski definition) is 2. The van der Waals surface area contributed by atoms with Gasteiger partial charge in [0.05, 0.1) is 6.61 Å². The molecular formula is C11H25NOS. The molecule has 0 aromatic rings. The van der Waals surface area contributed by atoms with Gasteiger partial charge in [-0.1, -0.05) is 13.8 Å². The molecule has 0 amide bonds. The van der Waals surface area contributed by atoms with Gasteiger partial charge in [-0.05, 0) is 38.5 Å². The van der Waals surface area contributed by atoms with Crippen LogP contribution < -0.4 is 5.32 Å². The van der Waals surface area contributed by atoms with Gasteiger partial charge >= 0.3 is 0 Å². The second-order valence-electron chi connectivity index (χ2n) is 3.86. The molecule has 2 N–H and O–H groups in total. The summed E-state index contributed by atoms with van der Waals surface area (Å²) in [5, 5.41) is 12.7. The second-order valence-corrected chi connectivity index (χ2v) is 5.41. The highest BCUT2D eigenvalue weighted by Gasteiger charge is 2.02. The van der Waals surface area contributed by atoms with Gasteiger partial charge in [0.15, 0.2) is 0 Å². The highest BCUT2D eigenvalue weighted by atomic mass is 32.2. The molecule has 0 aromatic heterocycles. The van der Waals surface area contributed by atoms with Crippen molar-refractivity contribution >= 4 is 11.8 Å². The number of aliphatic hydroxyl groups excluding tert-OH is 1. The summed E-state index contributed by atoms with van der Waals surface area (Å²) in [5.74, 6) is 1.17. The average Bonchev–Trinajstić information content (AvgIpc) is 2.21. The summed E-state index contributed by atoms with van der Waals surface area (Å²) in [7, 11) is 0. The number of nitrogens with one attached hydrogen (secondary N) is 1. The monoisotopic (exact) mass is 219 g/mol. The van der Waals surface area contributed by atoms with Crippen molar-refractivity contribution in [1.82, 2.24) is 5.32 Å². The predicted octanol–water partition coefficient (Wildman–Crippen LogP) is 2.27. The van der Waals surface area contributed by atoms with Crippen LogP contribution in [-0.4, -0.2) is 35.3 Å². The quantitative estimate of drug-likeness (QED) is 0.584. The summed E-state index contributed by atoms with van der Waals surface area (Å²) in [6, 6.07) is 0.639. The lowest BCUT2D eigenvalue weighted by molar-refractivity contribution is 0.300. The lowest BCUT2D eigenvalue weighted by atomic mass is 10.2. The lowest BCUT2D eigenvalue weighted by Gasteiger charge is -2.13. The van der Waals surface area contributed by atoms with Crippen molar-refractivity contribution in [2.45, 2.75) is 51.3 Å². The van der Waals surface area contributed by atoms with Crippen molar-refractivity contribution in [2.75, 3.05) is 18.9 Å². The minimum absolute atomic E-state index is 0.300.